The normalized spacial score (nSPS) is 20.1. The van der Waals surface area contributed by atoms with Gasteiger partial charge in [-0.2, -0.15) is 0 Å². The Kier molecular flexibility index (Phi) is 6.47. The third-order valence-electron chi connectivity index (χ3n) is 4.93. The molecule has 1 aliphatic carbocycles. The van der Waals surface area contributed by atoms with Gasteiger partial charge in [0.05, 0.1) is 9.75 Å². The Balaban J connectivity index is 1.61. The molecule has 0 aromatic carbocycles. The van der Waals surface area contributed by atoms with E-state index in [9.17, 15) is 4.79 Å². The van der Waals surface area contributed by atoms with Crippen molar-refractivity contribution in [1.29, 1.82) is 0 Å². The Bertz CT molecular complexity index is 767. The maximum atomic E-state index is 12.8. The second-order valence-electron chi connectivity index (χ2n) is 6.65. The molecule has 1 N–H and O–H groups in total. The van der Waals surface area contributed by atoms with E-state index in [2.05, 4.69) is 24.0 Å². The van der Waals surface area contributed by atoms with Crippen LogP contribution in [-0.2, 0) is 0 Å². The maximum Gasteiger partial charge on any atom is 0.175 e. The van der Waals surface area contributed by atoms with Gasteiger partial charge in [-0.15, -0.1) is 28.6 Å². The van der Waals surface area contributed by atoms with Gasteiger partial charge in [-0.25, -0.2) is 0 Å². The fraction of sp³-hybridized carbons (Fsp3) is 0.476. The largest absolute Gasteiger partial charge is 0.396 e. The molecule has 0 aliphatic heterocycles. The minimum Gasteiger partial charge on any atom is -0.396 e. The summed E-state index contributed by atoms with van der Waals surface area (Å²) in [5.41, 5.74) is 0. The van der Waals surface area contributed by atoms with Crippen molar-refractivity contribution in [2.24, 2.45) is 11.8 Å². The smallest absolute Gasteiger partial charge is 0.175 e. The fourth-order valence-corrected chi connectivity index (χ4v) is 5.58. The lowest BCUT2D eigenvalue weighted by atomic mass is 9.78. The Morgan fingerprint density at radius 3 is 2.56 bits per heavy atom. The van der Waals surface area contributed by atoms with Gasteiger partial charge >= 0.3 is 0 Å². The third kappa shape index (κ3) is 4.61. The number of thiophene rings is 2. The van der Waals surface area contributed by atoms with Gasteiger partial charge in [-0.3, -0.25) is 4.79 Å². The third-order valence-corrected chi connectivity index (χ3v) is 7.23. The van der Waals surface area contributed by atoms with E-state index in [-0.39, 0.29) is 12.5 Å². The van der Waals surface area contributed by atoms with Crippen molar-refractivity contribution < 1.29 is 9.90 Å². The number of Topliss-reactive ketones (excluding diaryl/α,β-unsaturated/α-hetero) is 1. The van der Waals surface area contributed by atoms with Crippen LogP contribution >= 0.6 is 22.7 Å². The molecule has 0 unspecified atom stereocenters. The SMILES string of the molecule is CC#Cc1ccc(-c2ccc(C(=O)C3CCC(CCCO)CC3)s2)s1. The van der Waals surface area contributed by atoms with E-state index in [1.54, 1.807) is 22.7 Å². The molecular weight excluding hydrogens is 348 g/mol. The monoisotopic (exact) mass is 372 g/mol. The van der Waals surface area contributed by atoms with Crippen molar-refractivity contribution in [1.82, 2.24) is 0 Å². The molecular formula is C21H24O2S2. The minimum absolute atomic E-state index is 0.182. The topological polar surface area (TPSA) is 37.3 Å². The second kappa shape index (κ2) is 8.80. The Morgan fingerprint density at radius 2 is 1.84 bits per heavy atom. The van der Waals surface area contributed by atoms with Crippen molar-refractivity contribution in [2.45, 2.75) is 45.4 Å². The number of aliphatic hydroxyl groups is 1. The van der Waals surface area contributed by atoms with E-state index in [1.807, 2.05) is 19.1 Å². The Morgan fingerprint density at radius 1 is 1.12 bits per heavy atom. The number of carbonyl (C=O) groups is 1. The molecule has 1 fully saturated rings. The highest BCUT2D eigenvalue weighted by Crippen LogP contribution is 2.37. The molecule has 4 heteroatoms. The molecule has 3 rings (SSSR count). The summed E-state index contributed by atoms with van der Waals surface area (Å²) in [6, 6.07) is 8.20. The Hall–Kier alpha value is -1.41. The van der Waals surface area contributed by atoms with Crippen molar-refractivity contribution in [2.75, 3.05) is 6.61 Å². The van der Waals surface area contributed by atoms with Crippen molar-refractivity contribution in [3.8, 4) is 21.6 Å². The van der Waals surface area contributed by atoms with Gasteiger partial charge in [-0.1, -0.05) is 5.92 Å². The van der Waals surface area contributed by atoms with Crippen molar-refractivity contribution >= 4 is 28.5 Å². The van der Waals surface area contributed by atoms with Gasteiger partial charge in [0.1, 0.15) is 0 Å². The molecule has 0 spiro atoms. The number of hydrogen-bond acceptors (Lipinski definition) is 4. The summed E-state index contributed by atoms with van der Waals surface area (Å²) in [6.45, 7) is 2.13. The number of ketones is 1. The van der Waals surface area contributed by atoms with Gasteiger partial charge in [0.15, 0.2) is 5.78 Å². The summed E-state index contributed by atoms with van der Waals surface area (Å²) in [7, 11) is 0. The van der Waals surface area contributed by atoms with E-state index in [0.717, 1.165) is 53.2 Å². The molecule has 0 amide bonds. The number of aliphatic hydroxyl groups excluding tert-OH is 1. The molecule has 2 nitrogen and oxygen atoms in total. The van der Waals surface area contributed by atoms with Crippen LogP contribution in [0.15, 0.2) is 24.3 Å². The zero-order chi connectivity index (χ0) is 17.6. The summed E-state index contributed by atoms with van der Waals surface area (Å²) in [5.74, 6) is 7.21. The van der Waals surface area contributed by atoms with Gasteiger partial charge < -0.3 is 5.11 Å². The van der Waals surface area contributed by atoms with Crippen molar-refractivity contribution in [3.05, 3.63) is 34.0 Å². The molecule has 0 radical (unpaired) electrons. The summed E-state index contributed by atoms with van der Waals surface area (Å²) in [4.78, 5) is 17.1. The van der Waals surface area contributed by atoms with E-state index in [1.165, 1.54) is 4.88 Å². The molecule has 1 aliphatic rings. The summed E-state index contributed by atoms with van der Waals surface area (Å²) in [5, 5.41) is 8.95. The van der Waals surface area contributed by atoms with Crippen LogP contribution < -0.4 is 0 Å². The summed E-state index contributed by atoms with van der Waals surface area (Å²) >= 11 is 3.30. The molecule has 2 aromatic rings. The highest BCUT2D eigenvalue weighted by atomic mass is 32.1. The van der Waals surface area contributed by atoms with Crippen LogP contribution in [0, 0.1) is 23.7 Å². The maximum absolute atomic E-state index is 12.8. The van der Waals surface area contributed by atoms with E-state index >= 15 is 0 Å². The van der Waals surface area contributed by atoms with Gasteiger partial charge in [0.25, 0.3) is 0 Å². The molecule has 0 saturated heterocycles. The number of carbonyl (C=O) groups excluding carboxylic acids is 1. The van der Waals surface area contributed by atoms with Gasteiger partial charge in [0.2, 0.25) is 0 Å². The lowest BCUT2D eigenvalue weighted by molar-refractivity contribution is 0.0872. The van der Waals surface area contributed by atoms with Crippen LogP contribution in [0.3, 0.4) is 0 Å². The van der Waals surface area contributed by atoms with E-state index in [0.29, 0.717) is 11.7 Å². The first-order chi connectivity index (χ1) is 12.2. The minimum atomic E-state index is 0.182. The number of hydrogen-bond donors (Lipinski definition) is 1. The molecule has 132 valence electrons. The lowest BCUT2D eigenvalue weighted by Gasteiger charge is -2.27. The molecule has 0 bridgehead atoms. The van der Waals surface area contributed by atoms with Crippen LogP contribution in [0.2, 0.25) is 0 Å². The second-order valence-corrected chi connectivity index (χ2v) is 8.82. The van der Waals surface area contributed by atoms with Crippen LogP contribution in [0.1, 0.15) is 60.0 Å². The lowest BCUT2D eigenvalue weighted by Crippen LogP contribution is -2.21. The standard InChI is InChI=1S/C21H24O2S2/c1-2-4-17-10-11-18(24-17)19-12-13-20(25-19)21(23)16-8-6-15(7-9-16)5-3-14-22/h10-13,15-16,22H,3,5-9,14H2,1H3. The zero-order valence-electron chi connectivity index (χ0n) is 14.6. The Labute approximate surface area is 157 Å². The summed E-state index contributed by atoms with van der Waals surface area (Å²) in [6.07, 6.45) is 6.23. The fourth-order valence-electron chi connectivity index (χ4n) is 3.56. The van der Waals surface area contributed by atoms with Gasteiger partial charge in [-0.05, 0) is 75.6 Å². The van der Waals surface area contributed by atoms with Crippen LogP contribution in [0.4, 0.5) is 0 Å². The molecule has 1 saturated carbocycles. The highest BCUT2D eigenvalue weighted by Gasteiger charge is 2.27. The quantitative estimate of drug-likeness (QED) is 0.528. The number of rotatable bonds is 6. The first-order valence-electron chi connectivity index (χ1n) is 8.99. The summed E-state index contributed by atoms with van der Waals surface area (Å²) < 4.78 is 0. The molecule has 0 atom stereocenters. The predicted molar refractivity (Wildman–Crippen MR) is 106 cm³/mol. The van der Waals surface area contributed by atoms with Crippen LogP contribution in [0.5, 0.6) is 0 Å². The molecule has 2 aromatic heterocycles. The molecule has 2 heterocycles. The van der Waals surface area contributed by atoms with Gasteiger partial charge in [0, 0.05) is 22.3 Å². The predicted octanol–water partition coefficient (Wildman–Crippen LogP) is 5.61. The highest BCUT2D eigenvalue weighted by molar-refractivity contribution is 7.23. The van der Waals surface area contributed by atoms with E-state index in [4.69, 9.17) is 5.11 Å². The van der Waals surface area contributed by atoms with Crippen LogP contribution in [0.25, 0.3) is 9.75 Å². The van der Waals surface area contributed by atoms with E-state index < -0.39 is 0 Å². The zero-order valence-corrected chi connectivity index (χ0v) is 16.2. The molecule has 25 heavy (non-hydrogen) atoms. The van der Waals surface area contributed by atoms with Crippen LogP contribution in [-0.4, -0.2) is 17.5 Å². The van der Waals surface area contributed by atoms with Crippen molar-refractivity contribution in [3.63, 3.8) is 0 Å². The first kappa shape index (κ1) is 18.4. The first-order valence-corrected chi connectivity index (χ1v) is 10.6. The average molecular weight is 373 g/mol. The average Bonchev–Trinajstić information content (AvgIpc) is 3.29.